The van der Waals surface area contributed by atoms with Crippen LogP contribution in [-0.2, 0) is 25.5 Å². The molecule has 2 heterocycles. The van der Waals surface area contributed by atoms with Crippen LogP contribution in [0.5, 0.6) is 0 Å². The van der Waals surface area contributed by atoms with Gasteiger partial charge in [0, 0.05) is 13.5 Å². The van der Waals surface area contributed by atoms with Gasteiger partial charge in [0.1, 0.15) is 23.5 Å². The Balaban J connectivity index is 1.53. The van der Waals surface area contributed by atoms with Crippen LogP contribution in [0, 0.1) is 5.82 Å². The first-order chi connectivity index (χ1) is 19.5. The third kappa shape index (κ3) is 6.10. The summed E-state index contributed by atoms with van der Waals surface area (Å²) < 4.78 is 40.0. The second-order valence-corrected chi connectivity index (χ2v) is 9.31. The Morgan fingerprint density at radius 3 is 2.22 bits per heavy atom. The van der Waals surface area contributed by atoms with E-state index in [1.165, 1.54) is 24.3 Å². The number of carboxylic acids is 2. The first-order valence-corrected chi connectivity index (χ1v) is 12.3. The second-order valence-electron chi connectivity index (χ2n) is 8.97. The number of aliphatic carboxylic acids is 2. The number of aliphatic hydroxyl groups is 1. The SMILES string of the molecule is CO[C@H](COC(Cc1ccc(-c2ccc(F)cc2)cc1)(C(=O)O)C(=O)O)[C@@H](O)[C@H](F)n1cnc2c(N)nc(Cl)nc21. The Labute approximate surface area is 235 Å². The van der Waals surface area contributed by atoms with Gasteiger partial charge in [-0.2, -0.15) is 9.97 Å². The molecule has 4 rings (SSSR count). The van der Waals surface area contributed by atoms with Crippen LogP contribution in [0.15, 0.2) is 54.9 Å². The number of hydrogen-bond donors (Lipinski definition) is 4. The van der Waals surface area contributed by atoms with Crippen LogP contribution in [0.4, 0.5) is 14.6 Å². The zero-order chi connectivity index (χ0) is 29.9. The molecular formula is C26H24ClF2N5O7. The largest absolute Gasteiger partial charge is 0.479 e. The molecule has 0 unspecified atom stereocenters. The van der Waals surface area contributed by atoms with E-state index in [1.807, 2.05) is 0 Å². The Morgan fingerprint density at radius 1 is 1.07 bits per heavy atom. The van der Waals surface area contributed by atoms with Crippen molar-refractivity contribution in [2.24, 2.45) is 0 Å². The van der Waals surface area contributed by atoms with Crippen molar-refractivity contribution >= 4 is 40.5 Å². The van der Waals surface area contributed by atoms with Gasteiger partial charge in [-0.3, -0.25) is 4.57 Å². The summed E-state index contributed by atoms with van der Waals surface area (Å²) in [5.74, 6) is -4.17. The molecule has 2 aromatic carbocycles. The monoisotopic (exact) mass is 591 g/mol. The summed E-state index contributed by atoms with van der Waals surface area (Å²) in [6.45, 7) is -0.825. The standard InChI is InChI=1S/C26H24ClF2N5O7/c1-40-17(19(35)20(29)34-12-31-18-21(30)32-25(27)33-22(18)34)11-41-26(23(36)37,24(38)39)10-13-2-4-14(5-3-13)15-6-8-16(28)9-7-15/h2-9,12,17,19-20,35H,10-11H2,1H3,(H,36,37)(H,38,39)(H2,30,32,33)/t17-,19-,20-/m1/s1. The van der Waals surface area contributed by atoms with Crippen molar-refractivity contribution in [1.29, 1.82) is 0 Å². The first kappa shape index (κ1) is 29.7. The molecule has 15 heteroatoms. The molecule has 0 fully saturated rings. The maximum Gasteiger partial charge on any atom is 0.348 e. The number of anilines is 1. The van der Waals surface area contributed by atoms with Gasteiger partial charge in [0.15, 0.2) is 11.5 Å². The molecule has 216 valence electrons. The maximum atomic E-state index is 15.4. The molecule has 4 aromatic rings. The molecule has 12 nitrogen and oxygen atoms in total. The molecule has 2 aromatic heterocycles. The van der Waals surface area contributed by atoms with Crippen LogP contribution >= 0.6 is 11.6 Å². The van der Waals surface area contributed by atoms with Gasteiger partial charge in [-0.25, -0.2) is 23.4 Å². The number of imidazole rings is 1. The minimum atomic E-state index is -2.81. The number of aliphatic hydroxyl groups excluding tert-OH is 1. The lowest BCUT2D eigenvalue weighted by molar-refractivity contribution is -0.192. The molecular weight excluding hydrogens is 568 g/mol. The van der Waals surface area contributed by atoms with Gasteiger partial charge in [0.05, 0.1) is 12.9 Å². The lowest BCUT2D eigenvalue weighted by Crippen LogP contribution is -2.53. The summed E-state index contributed by atoms with van der Waals surface area (Å²) >= 11 is 5.80. The molecule has 0 radical (unpaired) electrons. The lowest BCUT2D eigenvalue weighted by atomic mass is 9.93. The number of halogens is 3. The normalized spacial score (nSPS) is 14.1. The third-order valence-electron chi connectivity index (χ3n) is 6.42. The van der Waals surface area contributed by atoms with Crippen LogP contribution in [0.25, 0.3) is 22.3 Å². The van der Waals surface area contributed by atoms with Crippen molar-refractivity contribution in [3.05, 3.63) is 71.5 Å². The van der Waals surface area contributed by atoms with Gasteiger partial charge in [-0.05, 0) is 40.4 Å². The van der Waals surface area contributed by atoms with Gasteiger partial charge in [-0.1, -0.05) is 36.4 Å². The number of carbonyl (C=O) groups is 2. The molecule has 0 saturated heterocycles. The fourth-order valence-electron chi connectivity index (χ4n) is 4.13. The number of fused-ring (bicyclic) bond motifs is 1. The third-order valence-corrected chi connectivity index (χ3v) is 6.59. The molecule has 0 bridgehead atoms. The molecule has 0 spiro atoms. The fourth-order valence-corrected chi connectivity index (χ4v) is 4.30. The van der Waals surface area contributed by atoms with Crippen LogP contribution in [0.3, 0.4) is 0 Å². The Hall–Kier alpha value is -4.24. The van der Waals surface area contributed by atoms with Crippen molar-refractivity contribution in [3.63, 3.8) is 0 Å². The van der Waals surface area contributed by atoms with Crippen molar-refractivity contribution in [2.45, 2.75) is 30.5 Å². The molecule has 0 amide bonds. The van der Waals surface area contributed by atoms with E-state index in [0.717, 1.165) is 18.0 Å². The highest BCUT2D eigenvalue weighted by atomic mass is 35.5. The number of aromatic nitrogens is 4. The van der Waals surface area contributed by atoms with E-state index in [4.69, 9.17) is 26.8 Å². The van der Waals surface area contributed by atoms with Crippen molar-refractivity contribution in [1.82, 2.24) is 19.5 Å². The maximum absolute atomic E-state index is 15.4. The number of alkyl halides is 1. The highest BCUT2D eigenvalue weighted by molar-refractivity contribution is 6.28. The average Bonchev–Trinajstić information content (AvgIpc) is 3.36. The van der Waals surface area contributed by atoms with Gasteiger partial charge >= 0.3 is 11.9 Å². The summed E-state index contributed by atoms with van der Waals surface area (Å²) in [6.07, 6.45) is -5.41. The van der Waals surface area contributed by atoms with Crippen molar-refractivity contribution in [3.8, 4) is 11.1 Å². The highest BCUT2D eigenvalue weighted by Crippen LogP contribution is 2.28. The van der Waals surface area contributed by atoms with Crippen LogP contribution in [-0.4, -0.2) is 78.3 Å². The zero-order valence-corrected chi connectivity index (χ0v) is 22.1. The number of benzene rings is 2. The first-order valence-electron chi connectivity index (χ1n) is 11.9. The fraction of sp³-hybridized carbons (Fsp3) is 0.269. The number of rotatable bonds is 12. The van der Waals surface area contributed by atoms with Gasteiger partial charge in [-0.15, -0.1) is 0 Å². The Bertz CT molecular complexity index is 1540. The second kappa shape index (κ2) is 12.1. The summed E-state index contributed by atoms with van der Waals surface area (Å²) in [7, 11) is 1.10. The number of nitrogens with two attached hydrogens (primary N) is 1. The number of nitrogens with zero attached hydrogens (tertiary/aromatic N) is 4. The minimum Gasteiger partial charge on any atom is -0.479 e. The van der Waals surface area contributed by atoms with Crippen LogP contribution < -0.4 is 5.73 Å². The topological polar surface area (TPSA) is 183 Å². The quantitative estimate of drug-likeness (QED) is 0.140. The Morgan fingerprint density at radius 2 is 1.66 bits per heavy atom. The van der Waals surface area contributed by atoms with E-state index < -0.39 is 54.9 Å². The summed E-state index contributed by atoms with van der Waals surface area (Å²) in [4.78, 5) is 35.9. The van der Waals surface area contributed by atoms with Crippen molar-refractivity contribution < 1.29 is 43.2 Å². The summed E-state index contributed by atoms with van der Waals surface area (Å²) in [6, 6.07) is 11.9. The molecule has 0 aliphatic heterocycles. The van der Waals surface area contributed by atoms with E-state index in [0.29, 0.717) is 11.1 Å². The molecule has 3 atom stereocenters. The molecule has 0 saturated carbocycles. The number of ether oxygens (including phenoxy) is 2. The van der Waals surface area contributed by atoms with Crippen LogP contribution in [0.1, 0.15) is 11.9 Å². The number of methoxy groups -OCH3 is 1. The van der Waals surface area contributed by atoms with Gasteiger partial charge in [0.25, 0.3) is 5.60 Å². The minimum absolute atomic E-state index is 0.0238. The lowest BCUT2D eigenvalue weighted by Gasteiger charge is -2.30. The van der Waals surface area contributed by atoms with Gasteiger partial charge in [0.2, 0.25) is 11.6 Å². The molecule has 5 N–H and O–H groups in total. The summed E-state index contributed by atoms with van der Waals surface area (Å²) in [5, 5.41) is 30.2. The molecule has 0 aliphatic carbocycles. The highest BCUT2D eigenvalue weighted by Gasteiger charge is 2.49. The smallest absolute Gasteiger partial charge is 0.348 e. The zero-order valence-electron chi connectivity index (χ0n) is 21.3. The van der Waals surface area contributed by atoms with E-state index in [2.05, 4.69) is 15.0 Å². The molecule has 0 aliphatic rings. The van der Waals surface area contributed by atoms with Gasteiger partial charge < -0.3 is 30.5 Å². The van der Waals surface area contributed by atoms with Crippen molar-refractivity contribution in [2.75, 3.05) is 19.5 Å². The number of carboxylic acid groups (broad SMARTS) is 2. The Kier molecular flexibility index (Phi) is 8.77. The number of nitrogen functional groups attached to an aromatic ring is 1. The van der Waals surface area contributed by atoms with Crippen LogP contribution in [0.2, 0.25) is 5.28 Å². The molecule has 41 heavy (non-hydrogen) atoms. The predicted molar refractivity (Wildman–Crippen MR) is 141 cm³/mol. The number of hydrogen-bond acceptors (Lipinski definition) is 9. The van der Waals surface area contributed by atoms with E-state index in [9.17, 15) is 29.3 Å². The van der Waals surface area contributed by atoms with E-state index >= 15 is 4.39 Å². The van der Waals surface area contributed by atoms with E-state index in [-0.39, 0.29) is 27.8 Å². The predicted octanol–water partition coefficient (Wildman–Crippen LogP) is 2.88. The average molecular weight is 592 g/mol. The summed E-state index contributed by atoms with van der Waals surface area (Å²) in [5.41, 5.74) is 4.48. The van der Waals surface area contributed by atoms with E-state index in [1.54, 1.807) is 24.3 Å².